The van der Waals surface area contributed by atoms with Gasteiger partial charge in [0.2, 0.25) is 0 Å². The van der Waals surface area contributed by atoms with Crippen LogP contribution >= 0.6 is 11.8 Å². The van der Waals surface area contributed by atoms with Crippen molar-refractivity contribution in [1.29, 1.82) is 0 Å². The van der Waals surface area contributed by atoms with E-state index >= 15 is 0 Å². The van der Waals surface area contributed by atoms with Crippen molar-refractivity contribution < 1.29 is 9.90 Å². The lowest BCUT2D eigenvalue weighted by atomic mass is 9.93. The van der Waals surface area contributed by atoms with Crippen LogP contribution in [0.5, 0.6) is 0 Å². The second kappa shape index (κ2) is 7.42. The van der Waals surface area contributed by atoms with E-state index in [0.29, 0.717) is 5.56 Å². The second-order valence-electron chi connectivity index (χ2n) is 6.19. The summed E-state index contributed by atoms with van der Waals surface area (Å²) < 4.78 is 0. The van der Waals surface area contributed by atoms with Gasteiger partial charge in [-0.2, -0.15) is 0 Å². The maximum atomic E-state index is 12.6. The summed E-state index contributed by atoms with van der Waals surface area (Å²) in [5, 5.41) is 13.4. The Labute approximate surface area is 136 Å². The topological polar surface area (TPSA) is 75.1 Å². The van der Waals surface area contributed by atoms with E-state index < -0.39 is 0 Å². The van der Waals surface area contributed by atoms with Gasteiger partial charge in [0.15, 0.2) is 0 Å². The fraction of sp³-hybridized carbons (Fsp3) is 0.688. The maximum Gasteiger partial charge on any atom is 0.256 e. The van der Waals surface area contributed by atoms with Crippen molar-refractivity contribution in [3.05, 3.63) is 17.1 Å². The molecule has 122 valence electrons. The Morgan fingerprint density at radius 1 is 1.27 bits per heavy atom. The summed E-state index contributed by atoms with van der Waals surface area (Å²) in [4.78, 5) is 21.6. The van der Waals surface area contributed by atoms with Gasteiger partial charge in [-0.1, -0.05) is 13.8 Å². The molecule has 0 radical (unpaired) electrons. The van der Waals surface area contributed by atoms with Gasteiger partial charge in [0.1, 0.15) is 10.9 Å². The summed E-state index contributed by atoms with van der Waals surface area (Å²) in [6, 6.07) is 0.134. The maximum absolute atomic E-state index is 12.6. The first-order valence-corrected chi connectivity index (χ1v) is 9.06. The molecule has 0 atom stereocenters. The smallest absolute Gasteiger partial charge is 0.256 e. The molecule has 2 N–H and O–H groups in total. The van der Waals surface area contributed by atoms with E-state index in [2.05, 4.69) is 15.3 Å². The summed E-state index contributed by atoms with van der Waals surface area (Å²) in [5.41, 5.74) is 1.32. The first-order valence-electron chi connectivity index (χ1n) is 7.83. The molecule has 2 rings (SSSR count). The number of aliphatic hydroxyl groups excluding tert-OH is 1. The highest BCUT2D eigenvalue weighted by Gasteiger charge is 2.24. The normalized spacial score (nSPS) is 21.9. The third-order valence-electron chi connectivity index (χ3n) is 4.04. The molecular weight excluding hydrogens is 298 g/mol. The average Bonchev–Trinajstić information content (AvgIpc) is 2.48. The van der Waals surface area contributed by atoms with E-state index in [-0.39, 0.29) is 24.0 Å². The Bertz CT molecular complexity index is 540. The fourth-order valence-electron chi connectivity index (χ4n) is 2.71. The zero-order chi connectivity index (χ0) is 16.3. The predicted molar refractivity (Wildman–Crippen MR) is 88.4 cm³/mol. The summed E-state index contributed by atoms with van der Waals surface area (Å²) in [7, 11) is 0. The van der Waals surface area contributed by atoms with Crippen LogP contribution in [0.25, 0.3) is 0 Å². The Balaban J connectivity index is 2.18. The number of hydrogen-bond donors (Lipinski definition) is 2. The van der Waals surface area contributed by atoms with Gasteiger partial charge in [0.05, 0.1) is 17.4 Å². The molecule has 0 aromatic carbocycles. The predicted octanol–water partition coefficient (Wildman–Crippen LogP) is 2.66. The molecule has 0 spiro atoms. The number of aromatic nitrogens is 2. The van der Waals surface area contributed by atoms with E-state index in [1.807, 2.05) is 27.0 Å². The van der Waals surface area contributed by atoms with E-state index in [1.54, 1.807) is 0 Å². The van der Waals surface area contributed by atoms with Crippen LogP contribution in [0.4, 0.5) is 0 Å². The van der Waals surface area contributed by atoms with Gasteiger partial charge >= 0.3 is 0 Å². The summed E-state index contributed by atoms with van der Waals surface area (Å²) >= 11 is 1.48. The lowest BCUT2D eigenvalue weighted by Crippen LogP contribution is -2.39. The number of aryl methyl sites for hydroxylation is 1. The molecule has 1 fully saturated rings. The molecule has 0 aliphatic heterocycles. The first-order chi connectivity index (χ1) is 10.4. The lowest BCUT2D eigenvalue weighted by Gasteiger charge is -2.26. The van der Waals surface area contributed by atoms with Crippen LogP contribution in [0.2, 0.25) is 0 Å². The zero-order valence-corrected chi connectivity index (χ0v) is 14.5. The molecule has 1 amide bonds. The van der Waals surface area contributed by atoms with E-state index in [0.717, 1.165) is 42.2 Å². The van der Waals surface area contributed by atoms with Crippen molar-refractivity contribution in [3.63, 3.8) is 0 Å². The van der Waals surface area contributed by atoms with Gasteiger partial charge in [-0.15, -0.1) is 11.8 Å². The average molecular weight is 323 g/mol. The Morgan fingerprint density at radius 2 is 1.91 bits per heavy atom. The Kier molecular flexibility index (Phi) is 5.81. The summed E-state index contributed by atoms with van der Waals surface area (Å²) in [6.07, 6.45) is 4.87. The SMILES string of the molecule is CSc1nc(C(C)C)nc(C)c1C(=O)NC1CCC(O)CC1. The van der Waals surface area contributed by atoms with Gasteiger partial charge in [0.25, 0.3) is 5.91 Å². The lowest BCUT2D eigenvalue weighted by molar-refractivity contribution is 0.0863. The minimum Gasteiger partial charge on any atom is -0.393 e. The molecule has 1 aromatic rings. The van der Waals surface area contributed by atoms with E-state index in [4.69, 9.17) is 0 Å². The molecule has 1 aromatic heterocycles. The Hall–Kier alpha value is -1.14. The summed E-state index contributed by atoms with van der Waals surface area (Å²) in [6.45, 7) is 5.96. The number of carbonyl (C=O) groups excluding carboxylic acids is 1. The van der Waals surface area contributed by atoms with Crippen LogP contribution in [0.1, 0.15) is 67.3 Å². The van der Waals surface area contributed by atoms with E-state index in [9.17, 15) is 9.90 Å². The number of thioether (sulfide) groups is 1. The third-order valence-corrected chi connectivity index (χ3v) is 4.72. The quantitative estimate of drug-likeness (QED) is 0.658. The van der Waals surface area contributed by atoms with Gasteiger partial charge in [-0.3, -0.25) is 4.79 Å². The highest BCUT2D eigenvalue weighted by Crippen LogP contribution is 2.24. The zero-order valence-electron chi connectivity index (χ0n) is 13.7. The number of rotatable bonds is 4. The minimum absolute atomic E-state index is 0.0986. The van der Waals surface area contributed by atoms with E-state index in [1.165, 1.54) is 11.8 Å². The molecule has 1 aliphatic carbocycles. The molecule has 0 saturated heterocycles. The Morgan fingerprint density at radius 3 is 2.45 bits per heavy atom. The standard InChI is InChI=1S/C16H25N3O2S/c1-9(2)14-17-10(3)13(16(19-14)22-4)15(21)18-11-5-7-12(20)8-6-11/h9,11-12,20H,5-8H2,1-4H3,(H,18,21). The summed E-state index contributed by atoms with van der Waals surface area (Å²) in [5.74, 6) is 0.916. The molecule has 1 aliphatic rings. The van der Waals surface area contributed by atoms with Crippen molar-refractivity contribution in [2.75, 3.05) is 6.26 Å². The number of hydrogen-bond acceptors (Lipinski definition) is 5. The number of nitrogens with one attached hydrogen (secondary N) is 1. The molecule has 0 unspecified atom stereocenters. The van der Waals surface area contributed by atoms with Crippen molar-refractivity contribution >= 4 is 17.7 Å². The van der Waals surface area contributed by atoms with Crippen LogP contribution in [-0.4, -0.2) is 39.4 Å². The fourth-order valence-corrected chi connectivity index (χ4v) is 3.34. The van der Waals surface area contributed by atoms with Crippen LogP contribution in [0.15, 0.2) is 5.03 Å². The van der Waals surface area contributed by atoms with Crippen molar-refractivity contribution in [2.24, 2.45) is 0 Å². The van der Waals surface area contributed by atoms with Gasteiger partial charge in [-0.25, -0.2) is 9.97 Å². The van der Waals surface area contributed by atoms with Crippen LogP contribution in [-0.2, 0) is 0 Å². The third kappa shape index (κ3) is 3.98. The van der Waals surface area contributed by atoms with Crippen LogP contribution < -0.4 is 5.32 Å². The number of carbonyl (C=O) groups is 1. The van der Waals surface area contributed by atoms with Crippen molar-refractivity contribution in [3.8, 4) is 0 Å². The molecule has 0 bridgehead atoms. The number of aliphatic hydroxyl groups is 1. The highest BCUT2D eigenvalue weighted by atomic mass is 32.2. The monoisotopic (exact) mass is 323 g/mol. The van der Waals surface area contributed by atoms with Gasteiger partial charge in [0, 0.05) is 12.0 Å². The van der Waals surface area contributed by atoms with Crippen molar-refractivity contribution in [1.82, 2.24) is 15.3 Å². The molecule has 22 heavy (non-hydrogen) atoms. The van der Waals surface area contributed by atoms with Crippen molar-refractivity contribution in [2.45, 2.75) is 69.5 Å². The second-order valence-corrected chi connectivity index (χ2v) is 6.98. The number of amides is 1. The largest absolute Gasteiger partial charge is 0.393 e. The van der Waals surface area contributed by atoms with Crippen LogP contribution in [0, 0.1) is 6.92 Å². The molecule has 1 heterocycles. The van der Waals surface area contributed by atoms with Gasteiger partial charge < -0.3 is 10.4 Å². The molecule has 1 saturated carbocycles. The molecule has 5 nitrogen and oxygen atoms in total. The highest BCUT2D eigenvalue weighted by molar-refractivity contribution is 7.98. The molecular formula is C16H25N3O2S. The first kappa shape index (κ1) is 17.2. The van der Waals surface area contributed by atoms with Gasteiger partial charge in [-0.05, 0) is 38.9 Å². The molecule has 6 heteroatoms. The minimum atomic E-state index is -0.217. The van der Waals surface area contributed by atoms with Crippen LogP contribution in [0.3, 0.4) is 0 Å². The number of nitrogens with zero attached hydrogens (tertiary/aromatic N) is 2.